The van der Waals surface area contributed by atoms with Crippen molar-refractivity contribution in [2.75, 3.05) is 7.05 Å². The van der Waals surface area contributed by atoms with E-state index in [-0.39, 0.29) is 11.6 Å². The number of rotatable bonds is 4. The number of thiophene rings is 1. The van der Waals surface area contributed by atoms with Gasteiger partial charge in [-0.25, -0.2) is 9.78 Å². The number of carboxylic acids is 1. The zero-order chi connectivity index (χ0) is 14.7. The van der Waals surface area contributed by atoms with Crippen molar-refractivity contribution in [2.24, 2.45) is 0 Å². The van der Waals surface area contributed by atoms with Crippen molar-refractivity contribution >= 4 is 39.1 Å². The van der Waals surface area contributed by atoms with Crippen LogP contribution in [-0.2, 0) is 6.54 Å². The Kier molecular flexibility index (Phi) is 4.51. The quantitative estimate of drug-likeness (QED) is 0.916. The molecule has 0 radical (unpaired) electrons. The molecule has 0 aliphatic carbocycles. The van der Waals surface area contributed by atoms with Gasteiger partial charge in [0.15, 0.2) is 0 Å². The molecule has 0 spiro atoms. The summed E-state index contributed by atoms with van der Waals surface area (Å²) in [4.78, 5) is 29.4. The van der Waals surface area contributed by atoms with Crippen molar-refractivity contribution in [2.45, 2.75) is 6.54 Å². The zero-order valence-corrected chi connectivity index (χ0v) is 12.9. The van der Waals surface area contributed by atoms with Gasteiger partial charge >= 0.3 is 5.97 Å². The fourth-order valence-electron chi connectivity index (χ4n) is 1.64. The van der Waals surface area contributed by atoms with Gasteiger partial charge in [-0.3, -0.25) is 4.79 Å². The minimum atomic E-state index is -1.15. The van der Waals surface area contributed by atoms with Crippen LogP contribution in [0, 0.1) is 0 Å². The summed E-state index contributed by atoms with van der Waals surface area (Å²) in [6, 6.07) is 4.74. The summed E-state index contributed by atoms with van der Waals surface area (Å²) in [5.74, 6) is -1.39. The average molecular weight is 355 g/mol. The number of hydrogen-bond acceptors (Lipinski definition) is 4. The molecule has 0 fully saturated rings. The maximum Gasteiger partial charge on any atom is 0.354 e. The molecule has 0 atom stereocenters. The second kappa shape index (κ2) is 6.15. The summed E-state index contributed by atoms with van der Waals surface area (Å²) in [5, 5.41) is 10.8. The monoisotopic (exact) mass is 354 g/mol. The lowest BCUT2D eigenvalue weighted by Crippen LogP contribution is -2.26. The van der Waals surface area contributed by atoms with Crippen molar-refractivity contribution in [3.8, 4) is 0 Å². The van der Waals surface area contributed by atoms with Gasteiger partial charge in [-0.15, -0.1) is 11.3 Å². The third-order valence-corrected chi connectivity index (χ3v) is 4.27. The predicted molar refractivity (Wildman–Crippen MR) is 79.0 cm³/mol. The van der Waals surface area contributed by atoms with Crippen molar-refractivity contribution < 1.29 is 14.7 Å². The summed E-state index contributed by atoms with van der Waals surface area (Å²) in [6.07, 6.45) is 1.33. The molecule has 5 nitrogen and oxygen atoms in total. The topological polar surface area (TPSA) is 70.5 Å². The van der Waals surface area contributed by atoms with Gasteiger partial charge in [-0.1, -0.05) is 0 Å². The Labute approximate surface area is 128 Å². The minimum absolute atomic E-state index is 0.136. The molecule has 1 amide bonds. The molecule has 104 valence electrons. The molecule has 2 aromatic heterocycles. The molecule has 0 saturated carbocycles. The molecule has 0 bridgehead atoms. The standard InChI is InChI=1S/C13H11BrN2O3S/c1-16(6-10-5-9(14)7-20-10)12(17)8-2-3-15-11(4-8)13(18)19/h2-5,7H,6H2,1H3,(H,18,19). The van der Waals surface area contributed by atoms with Gasteiger partial charge in [0, 0.05) is 33.5 Å². The van der Waals surface area contributed by atoms with Gasteiger partial charge in [0.1, 0.15) is 5.69 Å². The Hall–Kier alpha value is -1.73. The number of hydrogen-bond donors (Lipinski definition) is 1. The van der Waals surface area contributed by atoms with Gasteiger partial charge in [-0.2, -0.15) is 0 Å². The number of amides is 1. The van der Waals surface area contributed by atoms with Gasteiger partial charge in [0.05, 0.1) is 6.54 Å². The second-order valence-electron chi connectivity index (χ2n) is 4.13. The van der Waals surface area contributed by atoms with Gasteiger partial charge in [-0.05, 0) is 34.1 Å². The van der Waals surface area contributed by atoms with E-state index in [9.17, 15) is 9.59 Å². The van der Waals surface area contributed by atoms with Crippen LogP contribution >= 0.6 is 27.3 Å². The molecule has 2 aromatic rings. The molecule has 1 N–H and O–H groups in total. The first-order valence-electron chi connectivity index (χ1n) is 5.65. The lowest BCUT2D eigenvalue weighted by molar-refractivity contribution is 0.0690. The maximum atomic E-state index is 12.2. The fourth-order valence-corrected chi connectivity index (χ4v) is 3.15. The SMILES string of the molecule is CN(Cc1cc(Br)cs1)C(=O)c1ccnc(C(=O)O)c1. The highest BCUT2D eigenvalue weighted by molar-refractivity contribution is 9.10. The first-order chi connectivity index (χ1) is 9.47. The van der Waals surface area contributed by atoms with E-state index in [0.717, 1.165) is 9.35 Å². The van der Waals surface area contributed by atoms with Crippen LogP contribution in [0.3, 0.4) is 0 Å². The van der Waals surface area contributed by atoms with Crippen molar-refractivity contribution in [3.05, 3.63) is 50.4 Å². The Morgan fingerprint density at radius 3 is 2.80 bits per heavy atom. The average Bonchev–Trinajstić information content (AvgIpc) is 2.83. The third-order valence-electron chi connectivity index (χ3n) is 2.59. The van der Waals surface area contributed by atoms with Crippen LogP contribution in [0.4, 0.5) is 0 Å². The molecule has 0 aliphatic heterocycles. The van der Waals surface area contributed by atoms with Crippen LogP contribution in [0.1, 0.15) is 25.7 Å². The van der Waals surface area contributed by atoms with E-state index in [1.54, 1.807) is 23.3 Å². The summed E-state index contributed by atoms with van der Waals surface area (Å²) >= 11 is 4.91. The lowest BCUT2D eigenvalue weighted by Gasteiger charge is -2.16. The second-order valence-corrected chi connectivity index (χ2v) is 6.04. The van der Waals surface area contributed by atoms with Gasteiger partial charge in [0.2, 0.25) is 0 Å². The van der Waals surface area contributed by atoms with E-state index in [4.69, 9.17) is 5.11 Å². The van der Waals surface area contributed by atoms with E-state index in [0.29, 0.717) is 12.1 Å². The van der Waals surface area contributed by atoms with Crippen molar-refractivity contribution in [3.63, 3.8) is 0 Å². The van der Waals surface area contributed by atoms with Crippen LogP contribution < -0.4 is 0 Å². The minimum Gasteiger partial charge on any atom is -0.477 e. The Balaban J connectivity index is 2.14. The number of aromatic carboxylic acids is 1. The number of carboxylic acid groups (broad SMARTS) is 1. The van der Waals surface area contributed by atoms with Crippen LogP contribution in [0.5, 0.6) is 0 Å². The summed E-state index contributed by atoms with van der Waals surface area (Å²) in [6.45, 7) is 0.472. The maximum absolute atomic E-state index is 12.2. The molecule has 0 unspecified atom stereocenters. The largest absolute Gasteiger partial charge is 0.477 e. The Morgan fingerprint density at radius 2 is 2.20 bits per heavy atom. The lowest BCUT2D eigenvalue weighted by atomic mass is 10.2. The molecule has 2 heterocycles. The highest BCUT2D eigenvalue weighted by Gasteiger charge is 2.15. The number of aromatic nitrogens is 1. The number of carbonyl (C=O) groups is 2. The highest BCUT2D eigenvalue weighted by atomic mass is 79.9. The van der Waals surface area contributed by atoms with Crippen LogP contribution in [-0.4, -0.2) is 33.9 Å². The van der Waals surface area contributed by atoms with Crippen molar-refractivity contribution in [1.29, 1.82) is 0 Å². The first kappa shape index (κ1) is 14.7. The molecule has 20 heavy (non-hydrogen) atoms. The van der Waals surface area contributed by atoms with E-state index in [2.05, 4.69) is 20.9 Å². The molecule has 2 rings (SSSR count). The molecular weight excluding hydrogens is 344 g/mol. The molecule has 0 saturated heterocycles. The molecular formula is C13H11BrN2O3S. The normalized spacial score (nSPS) is 10.3. The summed E-state index contributed by atoms with van der Waals surface area (Å²) in [7, 11) is 1.68. The van der Waals surface area contributed by atoms with Crippen LogP contribution in [0.2, 0.25) is 0 Å². The van der Waals surface area contributed by atoms with Gasteiger partial charge < -0.3 is 10.0 Å². The first-order valence-corrected chi connectivity index (χ1v) is 7.32. The molecule has 0 aromatic carbocycles. The molecule has 7 heteroatoms. The summed E-state index contributed by atoms with van der Waals surface area (Å²) in [5.41, 5.74) is 0.179. The van der Waals surface area contributed by atoms with Crippen LogP contribution in [0.25, 0.3) is 0 Å². The molecule has 0 aliphatic rings. The van der Waals surface area contributed by atoms with E-state index < -0.39 is 5.97 Å². The summed E-state index contributed by atoms with van der Waals surface area (Å²) < 4.78 is 0.982. The number of pyridine rings is 1. The fraction of sp³-hybridized carbons (Fsp3) is 0.154. The number of halogens is 1. The highest BCUT2D eigenvalue weighted by Crippen LogP contribution is 2.21. The smallest absolute Gasteiger partial charge is 0.354 e. The zero-order valence-electron chi connectivity index (χ0n) is 10.5. The van der Waals surface area contributed by atoms with Crippen LogP contribution in [0.15, 0.2) is 34.2 Å². The van der Waals surface area contributed by atoms with E-state index >= 15 is 0 Å². The van der Waals surface area contributed by atoms with Gasteiger partial charge in [0.25, 0.3) is 5.91 Å². The Morgan fingerprint density at radius 1 is 1.45 bits per heavy atom. The van der Waals surface area contributed by atoms with E-state index in [1.165, 1.54) is 18.3 Å². The number of carbonyl (C=O) groups excluding carboxylic acids is 1. The number of nitrogens with zero attached hydrogens (tertiary/aromatic N) is 2. The third kappa shape index (κ3) is 3.43. The Bertz CT molecular complexity index is 657. The van der Waals surface area contributed by atoms with Crippen molar-refractivity contribution in [1.82, 2.24) is 9.88 Å². The van der Waals surface area contributed by atoms with E-state index in [1.807, 2.05) is 11.4 Å². The predicted octanol–water partition coefficient (Wildman–Crippen LogP) is 2.88.